The fourth-order valence-electron chi connectivity index (χ4n) is 3.15. The molecule has 1 aliphatic rings. The summed E-state index contributed by atoms with van der Waals surface area (Å²) in [7, 11) is 4.27. The van der Waals surface area contributed by atoms with Crippen molar-refractivity contribution in [1.29, 1.82) is 0 Å². The molecule has 0 radical (unpaired) electrons. The van der Waals surface area contributed by atoms with E-state index in [0.717, 1.165) is 26.1 Å². The van der Waals surface area contributed by atoms with Crippen LogP contribution in [0.3, 0.4) is 0 Å². The lowest BCUT2D eigenvalue weighted by Gasteiger charge is -2.34. The number of likely N-dealkylation sites (N-methyl/N-ethyl adjacent to an activating group) is 1. The minimum absolute atomic E-state index is 0.159. The molecule has 1 aromatic carbocycles. The number of rotatable bonds is 6. The van der Waals surface area contributed by atoms with E-state index < -0.39 is 0 Å². The predicted molar refractivity (Wildman–Crippen MR) is 85.8 cm³/mol. The normalized spacial score (nSPS) is 22.0. The number of nitrogens with two attached hydrogens (primary N) is 1. The third-order valence-electron chi connectivity index (χ3n) is 4.16. The van der Waals surface area contributed by atoms with Crippen molar-refractivity contribution < 1.29 is 0 Å². The van der Waals surface area contributed by atoms with Crippen LogP contribution in [-0.2, 0) is 6.42 Å². The second-order valence-corrected chi connectivity index (χ2v) is 6.69. The molecule has 1 aromatic rings. The first-order chi connectivity index (χ1) is 9.49. The highest BCUT2D eigenvalue weighted by Gasteiger charge is 2.33. The number of hydrogen-bond donors (Lipinski definition) is 1. The maximum atomic E-state index is 6.52. The average molecular weight is 275 g/mol. The maximum Gasteiger partial charge on any atom is 0.0459 e. The van der Waals surface area contributed by atoms with Gasteiger partial charge in [0.05, 0.1) is 0 Å². The van der Waals surface area contributed by atoms with Crippen LogP contribution in [0.5, 0.6) is 0 Å². The summed E-state index contributed by atoms with van der Waals surface area (Å²) >= 11 is 0. The average Bonchev–Trinajstić information content (AvgIpc) is 2.72. The van der Waals surface area contributed by atoms with Gasteiger partial charge in [0.2, 0.25) is 0 Å². The summed E-state index contributed by atoms with van der Waals surface area (Å²) in [6, 6.07) is 9.27. The highest BCUT2D eigenvalue weighted by Crippen LogP contribution is 2.32. The monoisotopic (exact) mass is 275 g/mol. The Kier molecular flexibility index (Phi) is 5.19. The van der Waals surface area contributed by atoms with E-state index in [-0.39, 0.29) is 6.04 Å². The minimum atomic E-state index is 0.159. The van der Waals surface area contributed by atoms with E-state index in [1.165, 1.54) is 11.1 Å². The van der Waals surface area contributed by atoms with Gasteiger partial charge in [-0.05, 0) is 37.6 Å². The molecule has 0 aromatic heterocycles. The zero-order valence-corrected chi connectivity index (χ0v) is 13.3. The SMILES string of the molecule is CC(C)CN(CCN(C)C)C1Cc2ccccc2C1N. The molecule has 3 nitrogen and oxygen atoms in total. The molecule has 1 aliphatic carbocycles. The van der Waals surface area contributed by atoms with E-state index in [9.17, 15) is 0 Å². The third-order valence-corrected chi connectivity index (χ3v) is 4.16. The summed E-state index contributed by atoms with van der Waals surface area (Å²) in [4.78, 5) is 4.84. The minimum Gasteiger partial charge on any atom is -0.323 e. The maximum absolute atomic E-state index is 6.52. The van der Waals surface area contributed by atoms with Crippen LogP contribution in [0, 0.1) is 5.92 Å². The molecule has 0 aliphatic heterocycles. The van der Waals surface area contributed by atoms with Gasteiger partial charge < -0.3 is 10.6 Å². The topological polar surface area (TPSA) is 32.5 Å². The molecule has 0 spiro atoms. The van der Waals surface area contributed by atoms with Gasteiger partial charge in [0, 0.05) is 31.7 Å². The van der Waals surface area contributed by atoms with Crippen LogP contribution in [0.25, 0.3) is 0 Å². The van der Waals surface area contributed by atoms with Gasteiger partial charge in [-0.3, -0.25) is 4.90 Å². The fourth-order valence-corrected chi connectivity index (χ4v) is 3.15. The highest BCUT2D eigenvalue weighted by atomic mass is 15.2. The molecule has 20 heavy (non-hydrogen) atoms. The highest BCUT2D eigenvalue weighted by molar-refractivity contribution is 5.36. The molecule has 0 heterocycles. The standard InChI is InChI=1S/C17H29N3/c1-13(2)12-20(10-9-19(3)4)16-11-14-7-5-6-8-15(14)17(16)18/h5-8,13,16-17H,9-12,18H2,1-4H3. The molecule has 2 atom stereocenters. The molecule has 0 saturated carbocycles. The zero-order valence-electron chi connectivity index (χ0n) is 13.3. The molecule has 0 fully saturated rings. The van der Waals surface area contributed by atoms with E-state index in [0.29, 0.717) is 12.0 Å². The number of benzene rings is 1. The van der Waals surface area contributed by atoms with Gasteiger partial charge >= 0.3 is 0 Å². The van der Waals surface area contributed by atoms with Gasteiger partial charge in [0.15, 0.2) is 0 Å². The van der Waals surface area contributed by atoms with Gasteiger partial charge in [-0.1, -0.05) is 38.1 Å². The molecule has 0 bridgehead atoms. The third kappa shape index (κ3) is 3.60. The summed E-state index contributed by atoms with van der Waals surface area (Å²) in [5.74, 6) is 0.674. The van der Waals surface area contributed by atoms with Gasteiger partial charge in [-0.2, -0.15) is 0 Å². The van der Waals surface area contributed by atoms with Crippen molar-refractivity contribution in [3.8, 4) is 0 Å². The molecule has 3 heteroatoms. The summed E-state index contributed by atoms with van der Waals surface area (Å²) in [6.07, 6.45) is 1.09. The smallest absolute Gasteiger partial charge is 0.0459 e. The van der Waals surface area contributed by atoms with E-state index in [1.807, 2.05) is 0 Å². The van der Waals surface area contributed by atoms with Crippen molar-refractivity contribution >= 4 is 0 Å². The first kappa shape index (κ1) is 15.5. The van der Waals surface area contributed by atoms with Crippen LogP contribution >= 0.6 is 0 Å². The van der Waals surface area contributed by atoms with Crippen LogP contribution in [0.15, 0.2) is 24.3 Å². The van der Waals surface area contributed by atoms with Crippen molar-refractivity contribution in [3.05, 3.63) is 35.4 Å². The van der Waals surface area contributed by atoms with Gasteiger partial charge in [0.25, 0.3) is 0 Å². The Morgan fingerprint density at radius 3 is 2.50 bits per heavy atom. The van der Waals surface area contributed by atoms with E-state index in [2.05, 4.69) is 62.0 Å². The molecular formula is C17H29N3. The van der Waals surface area contributed by atoms with Crippen LogP contribution in [0.1, 0.15) is 31.0 Å². The Balaban J connectivity index is 2.10. The quantitative estimate of drug-likeness (QED) is 0.863. The van der Waals surface area contributed by atoms with E-state index in [1.54, 1.807) is 0 Å². The van der Waals surface area contributed by atoms with Crippen LogP contribution < -0.4 is 5.73 Å². The second kappa shape index (κ2) is 6.70. The number of nitrogens with zero attached hydrogens (tertiary/aromatic N) is 2. The second-order valence-electron chi connectivity index (χ2n) is 6.69. The Morgan fingerprint density at radius 1 is 1.20 bits per heavy atom. The molecule has 2 rings (SSSR count). The van der Waals surface area contributed by atoms with Crippen LogP contribution in [0.2, 0.25) is 0 Å². The fraction of sp³-hybridized carbons (Fsp3) is 0.647. The first-order valence-electron chi connectivity index (χ1n) is 7.71. The summed E-state index contributed by atoms with van der Waals surface area (Å²) in [6.45, 7) is 7.89. The van der Waals surface area contributed by atoms with Gasteiger partial charge in [0.1, 0.15) is 0 Å². The molecule has 0 saturated heterocycles. The lowest BCUT2D eigenvalue weighted by Crippen LogP contribution is -2.45. The molecule has 2 unspecified atom stereocenters. The van der Waals surface area contributed by atoms with Crippen molar-refractivity contribution in [3.63, 3.8) is 0 Å². The first-order valence-corrected chi connectivity index (χ1v) is 7.71. The summed E-state index contributed by atoms with van der Waals surface area (Å²) in [5.41, 5.74) is 9.30. The number of fused-ring (bicyclic) bond motifs is 1. The molecule has 112 valence electrons. The van der Waals surface area contributed by atoms with Crippen molar-refractivity contribution in [2.75, 3.05) is 33.7 Å². The van der Waals surface area contributed by atoms with Gasteiger partial charge in [-0.15, -0.1) is 0 Å². The summed E-state index contributed by atoms with van der Waals surface area (Å²) in [5, 5.41) is 0. The van der Waals surface area contributed by atoms with Crippen molar-refractivity contribution in [2.24, 2.45) is 11.7 Å². The predicted octanol–water partition coefficient (Wildman–Crippen LogP) is 2.13. The Bertz CT molecular complexity index is 428. The lowest BCUT2D eigenvalue weighted by atomic mass is 10.1. The molecule has 0 amide bonds. The lowest BCUT2D eigenvalue weighted by molar-refractivity contribution is 0.147. The number of hydrogen-bond acceptors (Lipinski definition) is 3. The van der Waals surface area contributed by atoms with Crippen LogP contribution in [-0.4, -0.2) is 49.6 Å². The van der Waals surface area contributed by atoms with Crippen LogP contribution in [0.4, 0.5) is 0 Å². The molecule has 2 N–H and O–H groups in total. The Morgan fingerprint density at radius 2 is 1.90 bits per heavy atom. The van der Waals surface area contributed by atoms with E-state index in [4.69, 9.17) is 5.73 Å². The van der Waals surface area contributed by atoms with Gasteiger partial charge in [-0.25, -0.2) is 0 Å². The molecular weight excluding hydrogens is 246 g/mol. The Labute approximate surface area is 123 Å². The largest absolute Gasteiger partial charge is 0.323 e. The Hall–Kier alpha value is -0.900. The summed E-state index contributed by atoms with van der Waals surface area (Å²) < 4.78 is 0. The van der Waals surface area contributed by atoms with Crippen molar-refractivity contribution in [2.45, 2.75) is 32.4 Å². The van der Waals surface area contributed by atoms with Crippen molar-refractivity contribution in [1.82, 2.24) is 9.80 Å². The van der Waals surface area contributed by atoms with E-state index >= 15 is 0 Å². The zero-order chi connectivity index (χ0) is 14.7.